The van der Waals surface area contributed by atoms with Gasteiger partial charge in [0.2, 0.25) is 0 Å². The molecular formula is C22H24N2. The zero-order valence-corrected chi connectivity index (χ0v) is 14.0. The largest absolute Gasteiger partial charge is 0.293 e. The van der Waals surface area contributed by atoms with Gasteiger partial charge in [-0.1, -0.05) is 72.8 Å². The molecule has 0 aliphatic carbocycles. The average molecular weight is 316 g/mol. The van der Waals surface area contributed by atoms with Gasteiger partial charge in [-0.2, -0.15) is 0 Å². The third kappa shape index (κ3) is 8.04. The molecule has 2 aromatic rings. The van der Waals surface area contributed by atoms with Gasteiger partial charge in [0.25, 0.3) is 0 Å². The first-order valence-electron chi connectivity index (χ1n) is 8.35. The van der Waals surface area contributed by atoms with Crippen LogP contribution in [0.25, 0.3) is 6.08 Å². The van der Waals surface area contributed by atoms with Crippen molar-refractivity contribution in [2.24, 2.45) is 9.98 Å². The Kier molecular flexibility index (Phi) is 8.64. The number of rotatable bonds is 9. The SMILES string of the molecule is C(=CCCN=CC=Cc1ccccc1)C=NCCc1ccccc1. The molecule has 0 N–H and O–H groups in total. The number of hydrogen-bond acceptors (Lipinski definition) is 2. The van der Waals surface area contributed by atoms with E-state index in [1.54, 1.807) is 0 Å². The molecule has 2 aromatic carbocycles. The van der Waals surface area contributed by atoms with Crippen LogP contribution in [-0.2, 0) is 6.42 Å². The van der Waals surface area contributed by atoms with Gasteiger partial charge in [-0.05, 0) is 36.1 Å². The molecule has 0 aliphatic rings. The number of hydrogen-bond donors (Lipinski definition) is 0. The molecule has 0 saturated heterocycles. The molecule has 0 amide bonds. The van der Waals surface area contributed by atoms with Gasteiger partial charge >= 0.3 is 0 Å². The maximum atomic E-state index is 4.39. The van der Waals surface area contributed by atoms with Crippen LogP contribution in [0, 0.1) is 0 Å². The highest BCUT2D eigenvalue weighted by molar-refractivity contribution is 5.78. The quantitative estimate of drug-likeness (QED) is 0.458. The number of aliphatic imine (C=N–C) groups is 2. The molecule has 2 nitrogen and oxygen atoms in total. The van der Waals surface area contributed by atoms with Gasteiger partial charge in [0, 0.05) is 25.5 Å². The molecule has 2 heteroatoms. The molecule has 0 radical (unpaired) electrons. The zero-order chi connectivity index (χ0) is 16.7. The minimum Gasteiger partial charge on any atom is -0.293 e. The summed E-state index contributed by atoms with van der Waals surface area (Å²) < 4.78 is 0. The Bertz CT molecular complexity index is 668. The van der Waals surface area contributed by atoms with Crippen LogP contribution in [0.5, 0.6) is 0 Å². The van der Waals surface area contributed by atoms with Gasteiger partial charge < -0.3 is 0 Å². The van der Waals surface area contributed by atoms with Gasteiger partial charge in [-0.25, -0.2) is 0 Å². The average Bonchev–Trinajstić information content (AvgIpc) is 2.64. The highest BCUT2D eigenvalue weighted by Crippen LogP contribution is 2.00. The summed E-state index contributed by atoms with van der Waals surface area (Å²) in [7, 11) is 0. The first kappa shape index (κ1) is 17.6. The van der Waals surface area contributed by atoms with Crippen molar-refractivity contribution in [1.82, 2.24) is 0 Å². The van der Waals surface area contributed by atoms with Crippen molar-refractivity contribution in [3.63, 3.8) is 0 Å². The van der Waals surface area contributed by atoms with E-state index in [0.717, 1.165) is 25.9 Å². The lowest BCUT2D eigenvalue weighted by Crippen LogP contribution is -1.88. The molecule has 0 atom stereocenters. The Labute approximate surface area is 145 Å². The lowest BCUT2D eigenvalue weighted by molar-refractivity contribution is 0.973. The first-order chi connectivity index (χ1) is 11.9. The molecule has 0 saturated carbocycles. The van der Waals surface area contributed by atoms with E-state index in [1.807, 2.05) is 48.8 Å². The van der Waals surface area contributed by atoms with Gasteiger partial charge in [0.05, 0.1) is 0 Å². The molecule has 0 fully saturated rings. The van der Waals surface area contributed by atoms with Crippen LogP contribution in [0.4, 0.5) is 0 Å². The fourth-order valence-corrected chi connectivity index (χ4v) is 2.13. The van der Waals surface area contributed by atoms with E-state index in [0.29, 0.717) is 0 Å². The van der Waals surface area contributed by atoms with Crippen molar-refractivity contribution in [2.75, 3.05) is 13.1 Å². The Morgan fingerprint density at radius 3 is 2.17 bits per heavy atom. The zero-order valence-electron chi connectivity index (χ0n) is 14.0. The summed E-state index contributed by atoms with van der Waals surface area (Å²) in [5.74, 6) is 0. The van der Waals surface area contributed by atoms with Crippen LogP contribution in [0.2, 0.25) is 0 Å². The fraction of sp³-hybridized carbons (Fsp3) is 0.182. The highest BCUT2D eigenvalue weighted by Gasteiger charge is 1.87. The van der Waals surface area contributed by atoms with Crippen LogP contribution < -0.4 is 0 Å². The van der Waals surface area contributed by atoms with Crippen molar-refractivity contribution in [3.05, 3.63) is 90.0 Å². The van der Waals surface area contributed by atoms with E-state index in [2.05, 4.69) is 58.5 Å². The molecule has 0 bridgehead atoms. The van der Waals surface area contributed by atoms with Gasteiger partial charge in [-0.3, -0.25) is 9.98 Å². The lowest BCUT2D eigenvalue weighted by atomic mass is 10.2. The highest BCUT2D eigenvalue weighted by atomic mass is 14.7. The van der Waals surface area contributed by atoms with Crippen LogP contribution in [-0.4, -0.2) is 25.5 Å². The summed E-state index contributed by atoms with van der Waals surface area (Å²) >= 11 is 0. The molecule has 0 unspecified atom stereocenters. The van der Waals surface area contributed by atoms with Crippen LogP contribution in [0.1, 0.15) is 17.5 Å². The monoisotopic (exact) mass is 316 g/mol. The summed E-state index contributed by atoms with van der Waals surface area (Å²) in [4.78, 5) is 8.74. The Balaban J connectivity index is 1.53. The maximum Gasteiger partial charge on any atom is 0.0429 e. The molecule has 2 rings (SSSR count). The number of allylic oxidation sites excluding steroid dienone is 2. The van der Waals surface area contributed by atoms with Crippen LogP contribution in [0.15, 0.2) is 88.9 Å². The minimum atomic E-state index is 0.799. The van der Waals surface area contributed by atoms with Gasteiger partial charge in [0.1, 0.15) is 0 Å². The van der Waals surface area contributed by atoms with E-state index in [9.17, 15) is 0 Å². The summed E-state index contributed by atoms with van der Waals surface area (Å²) in [6.45, 7) is 1.63. The topological polar surface area (TPSA) is 24.7 Å². The summed E-state index contributed by atoms with van der Waals surface area (Å²) in [5.41, 5.74) is 2.52. The predicted octanol–water partition coefficient (Wildman–Crippen LogP) is 5.03. The minimum absolute atomic E-state index is 0.799. The summed E-state index contributed by atoms with van der Waals surface area (Å²) in [6.07, 6.45) is 13.8. The van der Waals surface area contributed by atoms with Crippen molar-refractivity contribution in [3.8, 4) is 0 Å². The standard InChI is InChI=1S/C22H24N2/c1-4-11-21(12-5-1)15-10-19-23-17-8-3-9-18-24-20-16-22-13-6-2-7-14-22/h1-7,9-15,18-19H,8,16-17,20H2. The second-order valence-corrected chi connectivity index (χ2v) is 5.33. The van der Waals surface area contributed by atoms with E-state index >= 15 is 0 Å². The second-order valence-electron chi connectivity index (χ2n) is 5.33. The maximum absolute atomic E-state index is 4.39. The van der Waals surface area contributed by atoms with Crippen LogP contribution in [0.3, 0.4) is 0 Å². The molecule has 122 valence electrons. The lowest BCUT2D eigenvalue weighted by Gasteiger charge is -1.95. The summed E-state index contributed by atoms with van der Waals surface area (Å²) in [5, 5.41) is 0. The van der Waals surface area contributed by atoms with Crippen molar-refractivity contribution in [1.29, 1.82) is 0 Å². The molecular weight excluding hydrogens is 292 g/mol. The van der Waals surface area contributed by atoms with Gasteiger partial charge in [0.15, 0.2) is 0 Å². The third-order valence-corrected chi connectivity index (χ3v) is 3.40. The van der Waals surface area contributed by atoms with E-state index < -0.39 is 0 Å². The number of nitrogens with zero attached hydrogens (tertiary/aromatic N) is 2. The Morgan fingerprint density at radius 1 is 0.708 bits per heavy atom. The molecule has 0 heterocycles. The smallest absolute Gasteiger partial charge is 0.0429 e. The van der Waals surface area contributed by atoms with Crippen LogP contribution >= 0.6 is 0 Å². The van der Waals surface area contributed by atoms with Crippen molar-refractivity contribution >= 4 is 18.5 Å². The first-order valence-corrected chi connectivity index (χ1v) is 8.35. The van der Waals surface area contributed by atoms with Crippen molar-refractivity contribution < 1.29 is 0 Å². The third-order valence-electron chi connectivity index (χ3n) is 3.40. The normalized spacial score (nSPS) is 12.2. The fourth-order valence-electron chi connectivity index (χ4n) is 2.13. The Hall–Kier alpha value is -2.74. The van der Waals surface area contributed by atoms with Crippen molar-refractivity contribution in [2.45, 2.75) is 12.8 Å². The Morgan fingerprint density at radius 2 is 1.38 bits per heavy atom. The van der Waals surface area contributed by atoms with Gasteiger partial charge in [-0.15, -0.1) is 0 Å². The molecule has 0 aliphatic heterocycles. The molecule has 24 heavy (non-hydrogen) atoms. The van der Waals surface area contributed by atoms with E-state index in [4.69, 9.17) is 0 Å². The number of benzene rings is 2. The predicted molar refractivity (Wildman–Crippen MR) is 106 cm³/mol. The van der Waals surface area contributed by atoms with E-state index in [-0.39, 0.29) is 0 Å². The molecule has 0 aromatic heterocycles. The molecule has 0 spiro atoms. The second kappa shape index (κ2) is 11.8. The summed E-state index contributed by atoms with van der Waals surface area (Å²) in [6, 6.07) is 20.7. The van der Waals surface area contributed by atoms with E-state index in [1.165, 1.54) is 11.1 Å².